The summed E-state index contributed by atoms with van der Waals surface area (Å²) in [5, 5.41) is 2.16. The first-order chi connectivity index (χ1) is 12.5. The maximum Gasteiger partial charge on any atom is 0.416 e. The molecule has 144 valence electrons. The van der Waals surface area contributed by atoms with Gasteiger partial charge in [0.1, 0.15) is 0 Å². The fourth-order valence-electron chi connectivity index (χ4n) is 2.04. The number of hydrogen-bond acceptors (Lipinski definition) is 3. The van der Waals surface area contributed by atoms with E-state index in [4.69, 9.17) is 0 Å². The molecule has 0 atom stereocenters. The average Bonchev–Trinajstić information content (AvgIpc) is 2.60. The second-order valence-corrected chi connectivity index (χ2v) is 7.13. The SMILES string of the molecule is O=C(/C=C/c1ccc(C(F)(F)F)cc1)Nc1ccccc1S(=O)(=O)C(F)F. The van der Waals surface area contributed by atoms with Crippen LogP contribution in [-0.4, -0.2) is 20.1 Å². The van der Waals surface area contributed by atoms with Crippen LogP contribution in [0.15, 0.2) is 59.5 Å². The lowest BCUT2D eigenvalue weighted by molar-refractivity contribution is -0.137. The highest BCUT2D eigenvalue weighted by molar-refractivity contribution is 7.91. The highest BCUT2D eigenvalue weighted by Crippen LogP contribution is 2.29. The molecule has 0 heterocycles. The summed E-state index contributed by atoms with van der Waals surface area (Å²) in [7, 11) is -4.92. The van der Waals surface area contributed by atoms with E-state index in [1.54, 1.807) is 0 Å². The first kappa shape index (κ1) is 20.6. The van der Waals surface area contributed by atoms with Crippen LogP contribution in [-0.2, 0) is 20.8 Å². The minimum absolute atomic E-state index is 0.284. The van der Waals surface area contributed by atoms with Gasteiger partial charge in [0.25, 0.3) is 0 Å². The molecule has 0 aliphatic rings. The van der Waals surface area contributed by atoms with Crippen LogP contribution in [0.4, 0.5) is 27.6 Å². The number of carbonyl (C=O) groups excluding carboxylic acids is 1. The lowest BCUT2D eigenvalue weighted by Gasteiger charge is -2.10. The molecule has 2 rings (SSSR count). The smallest absolute Gasteiger partial charge is 0.321 e. The summed E-state index contributed by atoms with van der Waals surface area (Å²) in [6.45, 7) is 0. The van der Waals surface area contributed by atoms with Crippen LogP contribution in [0.3, 0.4) is 0 Å². The molecule has 0 radical (unpaired) electrons. The molecule has 0 saturated carbocycles. The Bertz CT molecular complexity index is 951. The van der Waals surface area contributed by atoms with E-state index < -0.39 is 38.1 Å². The Morgan fingerprint density at radius 1 is 1.00 bits per heavy atom. The number of amides is 1. The van der Waals surface area contributed by atoms with Crippen molar-refractivity contribution in [1.29, 1.82) is 0 Å². The molecule has 0 aromatic heterocycles. The molecule has 27 heavy (non-hydrogen) atoms. The van der Waals surface area contributed by atoms with Gasteiger partial charge in [0, 0.05) is 6.08 Å². The predicted molar refractivity (Wildman–Crippen MR) is 88.7 cm³/mol. The second-order valence-electron chi connectivity index (χ2n) is 5.24. The molecule has 10 heteroatoms. The molecule has 0 aliphatic heterocycles. The fourth-order valence-corrected chi connectivity index (χ4v) is 2.93. The van der Waals surface area contributed by atoms with Gasteiger partial charge in [-0.3, -0.25) is 4.79 Å². The lowest BCUT2D eigenvalue weighted by Crippen LogP contribution is -2.16. The standard InChI is InChI=1S/C17H12F5NO3S/c18-16(19)27(25,26)14-4-2-1-3-13(14)23-15(24)10-7-11-5-8-12(9-6-11)17(20,21)22/h1-10,16H,(H,23,24)/b10-7+. The van der Waals surface area contributed by atoms with Crippen LogP contribution in [0.2, 0.25) is 0 Å². The summed E-state index contributed by atoms with van der Waals surface area (Å²) < 4.78 is 86.1. The third-order valence-electron chi connectivity index (χ3n) is 3.35. The molecular weight excluding hydrogens is 393 g/mol. The molecule has 1 N–H and O–H groups in total. The van der Waals surface area contributed by atoms with Gasteiger partial charge in [-0.1, -0.05) is 24.3 Å². The molecular formula is C17H12F5NO3S. The Kier molecular flexibility index (Phi) is 5.99. The van der Waals surface area contributed by atoms with Gasteiger partial charge in [-0.15, -0.1) is 0 Å². The maximum absolute atomic E-state index is 12.7. The van der Waals surface area contributed by atoms with Crippen molar-refractivity contribution in [3.05, 3.63) is 65.7 Å². The first-order valence-corrected chi connectivity index (χ1v) is 8.84. The molecule has 0 aliphatic carbocycles. The van der Waals surface area contributed by atoms with Crippen molar-refractivity contribution in [1.82, 2.24) is 0 Å². The van der Waals surface area contributed by atoms with Gasteiger partial charge in [-0.2, -0.15) is 22.0 Å². The van der Waals surface area contributed by atoms with Crippen LogP contribution in [0, 0.1) is 0 Å². The molecule has 0 unspecified atom stereocenters. The topological polar surface area (TPSA) is 63.2 Å². The minimum atomic E-state index is -4.92. The van der Waals surface area contributed by atoms with E-state index in [1.807, 2.05) is 0 Å². The van der Waals surface area contributed by atoms with Gasteiger partial charge in [0.15, 0.2) is 0 Å². The van der Waals surface area contributed by atoms with Gasteiger partial charge < -0.3 is 5.32 Å². The quantitative estimate of drug-likeness (QED) is 0.594. The van der Waals surface area contributed by atoms with E-state index >= 15 is 0 Å². The number of para-hydroxylation sites is 1. The van der Waals surface area contributed by atoms with E-state index in [1.165, 1.54) is 18.2 Å². The largest absolute Gasteiger partial charge is 0.416 e. The average molecular weight is 405 g/mol. The number of rotatable bonds is 5. The van der Waals surface area contributed by atoms with Crippen molar-refractivity contribution in [3.8, 4) is 0 Å². The van der Waals surface area contributed by atoms with Gasteiger partial charge >= 0.3 is 11.9 Å². The summed E-state index contributed by atoms with van der Waals surface area (Å²) in [6, 6.07) is 8.59. The minimum Gasteiger partial charge on any atom is -0.321 e. The van der Waals surface area contributed by atoms with Crippen LogP contribution >= 0.6 is 0 Å². The van der Waals surface area contributed by atoms with Gasteiger partial charge in [-0.05, 0) is 35.9 Å². The van der Waals surface area contributed by atoms with Crippen LogP contribution in [0.1, 0.15) is 11.1 Å². The lowest BCUT2D eigenvalue weighted by atomic mass is 10.1. The van der Waals surface area contributed by atoms with Crippen LogP contribution in [0.5, 0.6) is 0 Å². The van der Waals surface area contributed by atoms with Gasteiger partial charge in [0.2, 0.25) is 15.7 Å². The Morgan fingerprint density at radius 3 is 2.15 bits per heavy atom. The van der Waals surface area contributed by atoms with E-state index in [2.05, 4.69) is 5.32 Å². The Labute approximate surface area is 151 Å². The molecule has 0 bridgehead atoms. The Morgan fingerprint density at radius 2 is 1.59 bits per heavy atom. The predicted octanol–water partition coefficient (Wildman–Crippen LogP) is 4.35. The first-order valence-electron chi connectivity index (χ1n) is 7.29. The summed E-state index contributed by atoms with van der Waals surface area (Å²) in [4.78, 5) is 11.2. The molecule has 2 aromatic rings. The van der Waals surface area contributed by atoms with Crippen molar-refractivity contribution in [2.24, 2.45) is 0 Å². The summed E-state index contributed by atoms with van der Waals surface area (Å²) in [5.74, 6) is -4.50. The number of halogens is 5. The van der Waals surface area contributed by atoms with Crippen LogP contribution < -0.4 is 5.32 Å². The number of hydrogen-bond donors (Lipinski definition) is 1. The molecule has 1 amide bonds. The van der Waals surface area contributed by atoms with Gasteiger partial charge in [-0.25, -0.2) is 8.42 Å². The number of anilines is 1. The molecule has 0 saturated heterocycles. The van der Waals surface area contributed by atoms with E-state index in [0.717, 1.165) is 42.5 Å². The van der Waals surface area contributed by atoms with Crippen molar-refractivity contribution in [3.63, 3.8) is 0 Å². The number of alkyl halides is 5. The summed E-state index contributed by atoms with van der Waals surface area (Å²) in [5.41, 5.74) is -0.901. The van der Waals surface area contributed by atoms with E-state index in [9.17, 15) is 35.2 Å². The van der Waals surface area contributed by atoms with Gasteiger partial charge in [0.05, 0.1) is 16.1 Å². The monoisotopic (exact) mass is 405 g/mol. The van der Waals surface area contributed by atoms with E-state index in [-0.39, 0.29) is 11.3 Å². The maximum atomic E-state index is 12.7. The molecule has 2 aromatic carbocycles. The molecule has 4 nitrogen and oxygen atoms in total. The Hall–Kier alpha value is -2.75. The van der Waals surface area contributed by atoms with Crippen molar-refractivity contribution < 1.29 is 35.2 Å². The Balaban J connectivity index is 2.16. The zero-order chi connectivity index (χ0) is 20.2. The number of carbonyl (C=O) groups is 1. The third-order valence-corrected chi connectivity index (χ3v) is 4.79. The van der Waals surface area contributed by atoms with Crippen LogP contribution in [0.25, 0.3) is 6.08 Å². The zero-order valence-corrected chi connectivity index (χ0v) is 14.2. The summed E-state index contributed by atoms with van der Waals surface area (Å²) >= 11 is 0. The number of benzene rings is 2. The highest BCUT2D eigenvalue weighted by Gasteiger charge is 2.30. The number of nitrogens with one attached hydrogen (secondary N) is 1. The molecule has 0 fully saturated rings. The number of sulfone groups is 1. The third kappa shape index (κ3) is 5.13. The highest BCUT2D eigenvalue weighted by atomic mass is 32.2. The second kappa shape index (κ2) is 7.87. The normalized spacial score (nSPS) is 12.5. The summed E-state index contributed by atoms with van der Waals surface area (Å²) in [6.07, 6.45) is -2.35. The van der Waals surface area contributed by atoms with Crippen molar-refractivity contribution in [2.45, 2.75) is 16.8 Å². The molecule has 0 spiro atoms. The van der Waals surface area contributed by atoms with E-state index in [0.29, 0.717) is 0 Å². The van der Waals surface area contributed by atoms with Crippen molar-refractivity contribution in [2.75, 3.05) is 5.32 Å². The fraction of sp³-hybridized carbons (Fsp3) is 0.118. The van der Waals surface area contributed by atoms with Crippen molar-refractivity contribution >= 4 is 27.5 Å². The zero-order valence-electron chi connectivity index (χ0n) is 13.4.